The van der Waals surface area contributed by atoms with Gasteiger partial charge >= 0.3 is 0 Å². The van der Waals surface area contributed by atoms with Crippen LogP contribution in [0.4, 0.5) is 5.69 Å². The highest BCUT2D eigenvalue weighted by Crippen LogP contribution is 2.25. The van der Waals surface area contributed by atoms with E-state index in [2.05, 4.69) is 10.3 Å². The highest BCUT2D eigenvalue weighted by atomic mass is 32.1. The van der Waals surface area contributed by atoms with Crippen LogP contribution in [0.1, 0.15) is 34.4 Å². The first kappa shape index (κ1) is 19.6. The number of phenolic OH excluding ortho intramolecular Hbond substituents is 1. The summed E-state index contributed by atoms with van der Waals surface area (Å²) in [6, 6.07) is 13.9. The average molecular weight is 396 g/mol. The molecule has 144 valence electrons. The molecule has 28 heavy (non-hydrogen) atoms. The number of para-hydroxylation sites is 1. The van der Waals surface area contributed by atoms with E-state index in [9.17, 15) is 14.7 Å². The molecule has 6 nitrogen and oxygen atoms in total. The van der Waals surface area contributed by atoms with Gasteiger partial charge in [-0.2, -0.15) is 0 Å². The molecule has 1 aromatic heterocycles. The number of ether oxygens (including phenoxy) is 1. The van der Waals surface area contributed by atoms with Crippen molar-refractivity contribution in [3.8, 4) is 11.5 Å². The number of carbonyl (C=O) groups is 2. The Morgan fingerprint density at radius 2 is 1.96 bits per heavy atom. The van der Waals surface area contributed by atoms with Gasteiger partial charge in [0.2, 0.25) is 5.91 Å². The Kier molecular flexibility index (Phi) is 6.39. The van der Waals surface area contributed by atoms with E-state index in [1.165, 1.54) is 29.5 Å². The first-order valence-electron chi connectivity index (χ1n) is 8.82. The van der Waals surface area contributed by atoms with Gasteiger partial charge in [0, 0.05) is 17.4 Å². The lowest BCUT2D eigenvalue weighted by atomic mass is 10.1. The second-order valence-corrected chi connectivity index (χ2v) is 7.01. The Balaban J connectivity index is 1.58. The third-order valence-electron chi connectivity index (χ3n) is 3.96. The summed E-state index contributed by atoms with van der Waals surface area (Å²) < 4.78 is 5.65. The van der Waals surface area contributed by atoms with E-state index in [-0.39, 0.29) is 29.5 Å². The Morgan fingerprint density at radius 3 is 2.71 bits per heavy atom. The molecule has 0 bridgehead atoms. The summed E-state index contributed by atoms with van der Waals surface area (Å²) >= 11 is 1.42. The lowest BCUT2D eigenvalue weighted by Gasteiger charge is -2.08. The molecule has 0 radical (unpaired) electrons. The van der Waals surface area contributed by atoms with Gasteiger partial charge in [-0.25, -0.2) is 4.98 Å². The van der Waals surface area contributed by atoms with Crippen molar-refractivity contribution in [1.82, 2.24) is 4.98 Å². The first-order valence-corrected chi connectivity index (χ1v) is 9.70. The average Bonchev–Trinajstić information content (AvgIpc) is 3.15. The monoisotopic (exact) mass is 396 g/mol. The Hall–Kier alpha value is -3.19. The molecule has 7 heteroatoms. The van der Waals surface area contributed by atoms with E-state index in [0.717, 1.165) is 10.8 Å². The third kappa shape index (κ3) is 5.17. The first-order chi connectivity index (χ1) is 13.5. The summed E-state index contributed by atoms with van der Waals surface area (Å²) in [7, 11) is 0. The summed E-state index contributed by atoms with van der Waals surface area (Å²) in [4.78, 5) is 28.5. The van der Waals surface area contributed by atoms with Crippen molar-refractivity contribution in [2.45, 2.75) is 26.4 Å². The summed E-state index contributed by atoms with van der Waals surface area (Å²) in [5, 5.41) is 15.1. The zero-order valence-corrected chi connectivity index (χ0v) is 16.2. The number of benzene rings is 2. The van der Waals surface area contributed by atoms with Crippen LogP contribution in [0.25, 0.3) is 0 Å². The van der Waals surface area contributed by atoms with Gasteiger partial charge in [-0.1, -0.05) is 25.1 Å². The van der Waals surface area contributed by atoms with Gasteiger partial charge in [0.05, 0.1) is 17.8 Å². The Morgan fingerprint density at radius 1 is 1.18 bits per heavy atom. The number of phenols is 1. The van der Waals surface area contributed by atoms with Crippen molar-refractivity contribution in [2.75, 3.05) is 5.32 Å². The van der Waals surface area contributed by atoms with E-state index < -0.39 is 0 Å². The predicted octanol–water partition coefficient (Wildman–Crippen LogP) is 4.20. The summed E-state index contributed by atoms with van der Waals surface area (Å²) in [6.07, 6.45) is 0.415. The second kappa shape index (κ2) is 9.14. The topological polar surface area (TPSA) is 88.5 Å². The molecule has 0 atom stereocenters. The number of hydrogen-bond acceptors (Lipinski definition) is 6. The molecule has 0 aliphatic rings. The molecule has 0 aliphatic heterocycles. The second-order valence-electron chi connectivity index (χ2n) is 6.07. The van der Waals surface area contributed by atoms with Gasteiger partial charge in [0.25, 0.3) is 0 Å². The van der Waals surface area contributed by atoms with Crippen LogP contribution in [-0.2, 0) is 17.8 Å². The molecule has 0 fully saturated rings. The third-order valence-corrected chi connectivity index (χ3v) is 4.83. The van der Waals surface area contributed by atoms with E-state index in [1.54, 1.807) is 12.3 Å². The fourth-order valence-electron chi connectivity index (χ4n) is 2.53. The van der Waals surface area contributed by atoms with Crippen molar-refractivity contribution in [1.29, 1.82) is 0 Å². The Labute approximate surface area is 166 Å². The van der Waals surface area contributed by atoms with E-state index in [4.69, 9.17) is 4.74 Å². The van der Waals surface area contributed by atoms with Crippen LogP contribution in [0.3, 0.4) is 0 Å². The normalized spacial score (nSPS) is 10.5. The van der Waals surface area contributed by atoms with Crippen molar-refractivity contribution >= 4 is 28.7 Å². The summed E-state index contributed by atoms with van der Waals surface area (Å²) in [6.45, 7) is 2.09. The van der Waals surface area contributed by atoms with Gasteiger partial charge in [0.1, 0.15) is 23.1 Å². The number of aromatic hydroxyl groups is 1. The number of nitrogens with zero attached hydrogens (tertiary/aromatic N) is 1. The van der Waals surface area contributed by atoms with Crippen molar-refractivity contribution in [3.63, 3.8) is 0 Å². The number of thiazole rings is 1. The van der Waals surface area contributed by atoms with Gasteiger partial charge in [-0.15, -0.1) is 11.3 Å². The number of anilines is 1. The summed E-state index contributed by atoms with van der Waals surface area (Å²) in [5.41, 5.74) is 1.28. The van der Waals surface area contributed by atoms with Crippen LogP contribution in [0.5, 0.6) is 11.5 Å². The van der Waals surface area contributed by atoms with Crippen LogP contribution in [0.15, 0.2) is 53.9 Å². The minimum atomic E-state index is -0.322. The maximum absolute atomic E-state index is 12.3. The number of aromatic nitrogens is 1. The van der Waals surface area contributed by atoms with Crippen LogP contribution >= 0.6 is 11.3 Å². The molecule has 2 N–H and O–H groups in total. The molecular weight excluding hydrogens is 376 g/mol. The molecule has 0 spiro atoms. The van der Waals surface area contributed by atoms with Gasteiger partial charge in [-0.05, 0) is 30.3 Å². The SMILES string of the molecule is CCC(=O)c1ccc(O)c(NC(=O)Cc2csc(COc3ccccc3)n2)c1. The van der Waals surface area contributed by atoms with Crippen molar-refractivity contribution in [2.24, 2.45) is 0 Å². The highest BCUT2D eigenvalue weighted by molar-refractivity contribution is 7.09. The van der Waals surface area contributed by atoms with E-state index in [1.807, 2.05) is 30.3 Å². The highest BCUT2D eigenvalue weighted by Gasteiger charge is 2.13. The minimum Gasteiger partial charge on any atom is -0.506 e. The predicted molar refractivity (Wildman–Crippen MR) is 108 cm³/mol. The molecule has 3 aromatic rings. The van der Waals surface area contributed by atoms with Crippen LogP contribution in [0.2, 0.25) is 0 Å². The zero-order chi connectivity index (χ0) is 19.9. The smallest absolute Gasteiger partial charge is 0.230 e. The van der Waals surface area contributed by atoms with Gasteiger partial charge in [-0.3, -0.25) is 9.59 Å². The van der Waals surface area contributed by atoms with Crippen molar-refractivity contribution in [3.05, 3.63) is 70.2 Å². The molecule has 2 aromatic carbocycles. The molecule has 0 saturated heterocycles. The van der Waals surface area contributed by atoms with Crippen LogP contribution < -0.4 is 10.1 Å². The molecule has 0 aliphatic carbocycles. The lowest BCUT2D eigenvalue weighted by molar-refractivity contribution is -0.115. The number of amides is 1. The summed E-state index contributed by atoms with van der Waals surface area (Å²) in [5.74, 6) is 0.292. The molecule has 0 unspecified atom stereocenters. The fraction of sp³-hybridized carbons (Fsp3) is 0.190. The minimum absolute atomic E-state index is 0.0574. The number of nitrogens with one attached hydrogen (secondary N) is 1. The van der Waals surface area contributed by atoms with Crippen LogP contribution in [-0.4, -0.2) is 21.8 Å². The number of Topliss-reactive ketones (excluding diaryl/α,β-unsaturated/α-hetero) is 1. The number of rotatable bonds is 8. The lowest BCUT2D eigenvalue weighted by Crippen LogP contribution is -2.15. The molecule has 1 heterocycles. The Bertz CT molecular complexity index is 970. The molecule has 1 amide bonds. The van der Waals surface area contributed by atoms with E-state index >= 15 is 0 Å². The van der Waals surface area contributed by atoms with Gasteiger partial charge in [0.15, 0.2) is 5.78 Å². The number of carbonyl (C=O) groups excluding carboxylic acids is 2. The number of hydrogen-bond donors (Lipinski definition) is 2. The number of ketones is 1. The molecule has 0 saturated carbocycles. The van der Waals surface area contributed by atoms with Crippen LogP contribution in [0, 0.1) is 0 Å². The molecule has 3 rings (SSSR count). The van der Waals surface area contributed by atoms with Gasteiger partial charge < -0.3 is 15.2 Å². The quantitative estimate of drug-likeness (QED) is 0.440. The molecular formula is C21H20N2O4S. The maximum atomic E-state index is 12.3. The fourth-order valence-corrected chi connectivity index (χ4v) is 3.24. The largest absolute Gasteiger partial charge is 0.506 e. The van der Waals surface area contributed by atoms with Crippen molar-refractivity contribution < 1.29 is 19.4 Å². The van der Waals surface area contributed by atoms with E-state index in [0.29, 0.717) is 24.3 Å². The maximum Gasteiger partial charge on any atom is 0.230 e. The standard InChI is InChI=1S/C21H20N2O4S/c1-2-18(24)14-8-9-19(25)17(10-14)23-20(26)11-15-13-28-21(22-15)12-27-16-6-4-3-5-7-16/h3-10,13,25H,2,11-12H2,1H3,(H,23,26). The zero-order valence-electron chi connectivity index (χ0n) is 15.3.